The molecule has 1 atom stereocenters. The molecule has 0 fully saturated rings. The third-order valence-electron chi connectivity index (χ3n) is 2.38. The lowest BCUT2D eigenvalue weighted by molar-refractivity contribution is -0.174. The van der Waals surface area contributed by atoms with Crippen LogP contribution in [-0.4, -0.2) is 26.5 Å². The third kappa shape index (κ3) is 5.01. The molecule has 1 amide bonds. The van der Waals surface area contributed by atoms with Gasteiger partial charge in [0.25, 0.3) is 9.05 Å². The van der Waals surface area contributed by atoms with Gasteiger partial charge in [0, 0.05) is 16.7 Å². The van der Waals surface area contributed by atoms with Crippen LogP contribution in [0.5, 0.6) is 0 Å². The number of hydrogen-bond acceptors (Lipinski definition) is 3. The quantitative estimate of drug-likeness (QED) is 0.862. The molecule has 20 heavy (non-hydrogen) atoms. The number of hydrogen-bond donors (Lipinski definition) is 1. The lowest BCUT2D eigenvalue weighted by Crippen LogP contribution is -2.42. The summed E-state index contributed by atoms with van der Waals surface area (Å²) in [4.78, 5) is 10.6. The van der Waals surface area contributed by atoms with Gasteiger partial charge in [-0.15, -0.1) is 0 Å². The Labute approximate surface area is 118 Å². The maximum Gasteiger partial charge on any atom is 0.471 e. The highest BCUT2D eigenvalue weighted by atomic mass is 35.7. The number of amides is 1. The van der Waals surface area contributed by atoms with Crippen LogP contribution in [0, 0.1) is 0 Å². The third-order valence-corrected chi connectivity index (χ3v) is 3.75. The summed E-state index contributed by atoms with van der Waals surface area (Å²) in [6.07, 6.45) is -4.80. The molecule has 0 spiro atoms. The molecule has 0 saturated heterocycles. The van der Waals surface area contributed by atoms with Crippen molar-refractivity contribution in [1.29, 1.82) is 0 Å². The van der Waals surface area contributed by atoms with Crippen LogP contribution >= 0.6 is 10.7 Å². The van der Waals surface area contributed by atoms with E-state index in [0.717, 1.165) is 0 Å². The first-order valence-electron chi connectivity index (χ1n) is 5.41. The largest absolute Gasteiger partial charge is 0.471 e. The Morgan fingerprint density at radius 2 is 1.80 bits per heavy atom. The second-order valence-corrected chi connectivity index (χ2v) is 6.72. The van der Waals surface area contributed by atoms with Gasteiger partial charge in [-0.2, -0.15) is 13.2 Å². The molecule has 4 nitrogen and oxygen atoms in total. The Morgan fingerprint density at radius 1 is 1.30 bits per heavy atom. The molecule has 1 aromatic rings. The smallest absolute Gasteiger partial charge is 0.345 e. The topological polar surface area (TPSA) is 63.2 Å². The SMILES string of the molecule is C[C@@H](Cc1ccc(S(=O)(=O)Cl)cc1)NC(=O)C(F)(F)F. The highest BCUT2D eigenvalue weighted by molar-refractivity contribution is 8.13. The van der Waals surface area contributed by atoms with Crippen molar-refractivity contribution in [3.63, 3.8) is 0 Å². The van der Waals surface area contributed by atoms with Gasteiger partial charge in [-0.1, -0.05) is 12.1 Å². The standard InChI is InChI=1S/C11H11ClF3NO3S/c1-7(16-10(17)11(13,14)15)6-8-2-4-9(5-3-8)20(12,18)19/h2-5,7H,6H2,1H3,(H,16,17)/t7-/m0/s1. The Balaban J connectivity index is 2.68. The lowest BCUT2D eigenvalue weighted by Gasteiger charge is -2.15. The summed E-state index contributed by atoms with van der Waals surface area (Å²) in [5.41, 5.74) is 0.573. The number of nitrogens with one attached hydrogen (secondary N) is 1. The van der Waals surface area contributed by atoms with Crippen LogP contribution in [0.1, 0.15) is 12.5 Å². The van der Waals surface area contributed by atoms with Crippen LogP contribution in [0.15, 0.2) is 29.2 Å². The Morgan fingerprint density at radius 3 is 2.20 bits per heavy atom. The molecule has 0 aliphatic heterocycles. The van der Waals surface area contributed by atoms with E-state index >= 15 is 0 Å². The van der Waals surface area contributed by atoms with Crippen molar-refractivity contribution in [2.24, 2.45) is 0 Å². The van der Waals surface area contributed by atoms with Crippen LogP contribution in [0.4, 0.5) is 13.2 Å². The van der Waals surface area contributed by atoms with Crippen LogP contribution in [0.3, 0.4) is 0 Å². The maximum absolute atomic E-state index is 12.0. The van der Waals surface area contributed by atoms with E-state index in [1.165, 1.54) is 31.2 Å². The van der Waals surface area contributed by atoms with Gasteiger partial charge in [0.15, 0.2) is 0 Å². The Bertz CT molecular complexity index is 584. The molecule has 0 saturated carbocycles. The summed E-state index contributed by atoms with van der Waals surface area (Å²) >= 11 is 0. The van der Waals surface area contributed by atoms with Crippen LogP contribution in [0.2, 0.25) is 0 Å². The molecule has 0 aliphatic carbocycles. The van der Waals surface area contributed by atoms with Gasteiger partial charge in [-0.3, -0.25) is 4.79 Å². The fraction of sp³-hybridized carbons (Fsp3) is 0.364. The number of halogens is 4. The van der Waals surface area contributed by atoms with Crippen molar-refractivity contribution in [3.05, 3.63) is 29.8 Å². The van der Waals surface area contributed by atoms with E-state index in [2.05, 4.69) is 0 Å². The summed E-state index contributed by atoms with van der Waals surface area (Å²) in [6.45, 7) is 1.41. The van der Waals surface area contributed by atoms with Crippen LogP contribution in [0.25, 0.3) is 0 Å². The van der Waals surface area contributed by atoms with E-state index in [1.54, 1.807) is 5.32 Å². The minimum Gasteiger partial charge on any atom is -0.345 e. The molecule has 1 N–H and O–H groups in total. The summed E-state index contributed by atoms with van der Waals surface area (Å²) in [7, 11) is 1.29. The van der Waals surface area contributed by atoms with E-state index < -0.39 is 27.2 Å². The van der Waals surface area contributed by atoms with E-state index in [4.69, 9.17) is 10.7 Å². The summed E-state index contributed by atoms with van der Waals surface area (Å²) in [6, 6.07) is 4.59. The monoisotopic (exact) mass is 329 g/mol. The first-order chi connectivity index (χ1) is 9.00. The first kappa shape index (κ1) is 16.8. The number of carbonyl (C=O) groups is 1. The fourth-order valence-corrected chi connectivity index (χ4v) is 2.27. The number of rotatable bonds is 4. The maximum atomic E-state index is 12.0. The minimum atomic E-state index is -4.93. The molecule has 112 valence electrons. The molecular weight excluding hydrogens is 319 g/mol. The Hall–Kier alpha value is -1.28. The van der Waals surface area contributed by atoms with Gasteiger partial charge in [0.2, 0.25) is 0 Å². The molecular formula is C11H11ClF3NO3S. The molecule has 9 heteroatoms. The normalized spacial score (nSPS) is 13.8. The Kier molecular flexibility index (Phi) is 5.04. The van der Waals surface area contributed by atoms with Gasteiger partial charge in [-0.25, -0.2) is 8.42 Å². The van der Waals surface area contributed by atoms with Crippen molar-refractivity contribution in [2.75, 3.05) is 0 Å². The first-order valence-corrected chi connectivity index (χ1v) is 7.72. The van der Waals surface area contributed by atoms with Gasteiger partial charge in [0.1, 0.15) is 0 Å². The molecule has 0 aromatic heterocycles. The molecule has 0 bridgehead atoms. The fourth-order valence-electron chi connectivity index (χ4n) is 1.50. The van der Waals surface area contributed by atoms with Crippen molar-refractivity contribution < 1.29 is 26.4 Å². The van der Waals surface area contributed by atoms with Crippen molar-refractivity contribution in [3.8, 4) is 0 Å². The second kappa shape index (κ2) is 6.01. The summed E-state index contributed by atoms with van der Waals surface area (Å²) < 4.78 is 58.1. The van der Waals surface area contributed by atoms with Crippen LogP contribution < -0.4 is 5.32 Å². The lowest BCUT2D eigenvalue weighted by atomic mass is 10.1. The summed E-state index contributed by atoms with van der Waals surface area (Å²) in [5, 5.41) is 1.80. The van der Waals surface area contributed by atoms with Crippen LogP contribution in [-0.2, 0) is 20.3 Å². The van der Waals surface area contributed by atoms with E-state index in [-0.39, 0.29) is 11.3 Å². The number of carbonyl (C=O) groups excluding carboxylic acids is 1. The highest BCUT2D eigenvalue weighted by Crippen LogP contribution is 2.17. The zero-order chi connectivity index (χ0) is 15.6. The number of alkyl halides is 3. The predicted molar refractivity (Wildman–Crippen MR) is 66.8 cm³/mol. The van der Waals surface area contributed by atoms with E-state index in [0.29, 0.717) is 5.56 Å². The zero-order valence-corrected chi connectivity index (χ0v) is 11.8. The van der Waals surface area contributed by atoms with Crippen molar-refractivity contribution >= 4 is 25.6 Å². The molecule has 0 radical (unpaired) electrons. The van der Waals surface area contributed by atoms with Gasteiger partial charge in [-0.05, 0) is 31.0 Å². The summed E-state index contributed by atoms with van der Waals surface area (Å²) in [5.74, 6) is -2.01. The van der Waals surface area contributed by atoms with Crippen molar-refractivity contribution in [1.82, 2.24) is 5.32 Å². The average Bonchev–Trinajstić information content (AvgIpc) is 2.26. The second-order valence-electron chi connectivity index (χ2n) is 4.16. The zero-order valence-electron chi connectivity index (χ0n) is 10.2. The van der Waals surface area contributed by atoms with Gasteiger partial charge < -0.3 is 5.32 Å². The van der Waals surface area contributed by atoms with Gasteiger partial charge >= 0.3 is 12.1 Å². The molecule has 0 heterocycles. The van der Waals surface area contributed by atoms with Crippen molar-refractivity contribution in [2.45, 2.75) is 30.5 Å². The highest BCUT2D eigenvalue weighted by Gasteiger charge is 2.39. The predicted octanol–water partition coefficient (Wildman–Crippen LogP) is 2.22. The number of benzene rings is 1. The molecule has 1 aromatic carbocycles. The van der Waals surface area contributed by atoms with Gasteiger partial charge in [0.05, 0.1) is 4.90 Å². The molecule has 1 rings (SSSR count). The van der Waals surface area contributed by atoms with E-state index in [9.17, 15) is 26.4 Å². The van der Waals surface area contributed by atoms with E-state index in [1.807, 2.05) is 0 Å². The molecule has 0 unspecified atom stereocenters. The minimum absolute atomic E-state index is 0.102. The molecule has 0 aliphatic rings. The average molecular weight is 330 g/mol.